The predicted octanol–water partition coefficient (Wildman–Crippen LogP) is 19.9. The third-order valence-corrected chi connectivity index (χ3v) is 11.1. The van der Waals surface area contributed by atoms with E-state index in [2.05, 4.69) is 179 Å². The molecule has 0 aliphatic rings. The number of carbonyl (C=O) groups is 3. The number of ether oxygens (including phenoxy) is 3. The molecule has 0 fully saturated rings. The molecule has 6 heteroatoms. The van der Waals surface area contributed by atoms with Crippen LogP contribution in [0.4, 0.5) is 0 Å². The van der Waals surface area contributed by atoms with Gasteiger partial charge in [0.2, 0.25) is 0 Å². The molecule has 0 N–H and O–H groups in total. The maximum atomic E-state index is 12.8. The summed E-state index contributed by atoms with van der Waals surface area (Å²) in [5.74, 6) is -1.24. The van der Waals surface area contributed by atoms with E-state index in [4.69, 9.17) is 14.2 Å². The van der Waals surface area contributed by atoms with E-state index >= 15 is 0 Å². The highest BCUT2D eigenvalue weighted by Gasteiger charge is 2.19. The maximum Gasteiger partial charge on any atom is 0.306 e. The van der Waals surface area contributed by atoms with Crippen LogP contribution in [0.1, 0.15) is 201 Å². The Morgan fingerprint density at radius 3 is 0.760 bits per heavy atom. The van der Waals surface area contributed by atoms with Gasteiger partial charge in [0.15, 0.2) is 6.10 Å². The summed E-state index contributed by atoms with van der Waals surface area (Å²) in [6.45, 7) is 6.25. The Morgan fingerprint density at radius 2 is 0.507 bits per heavy atom. The molecular formula is C69H102O6. The quantitative estimate of drug-likeness (QED) is 0.0261. The second-order valence-electron chi connectivity index (χ2n) is 18.1. The molecule has 0 unspecified atom stereocenters. The van der Waals surface area contributed by atoms with Crippen molar-refractivity contribution in [2.24, 2.45) is 0 Å². The summed E-state index contributed by atoms with van der Waals surface area (Å²) in [6.07, 6.45) is 93.1. The van der Waals surface area contributed by atoms with Crippen LogP contribution in [0.15, 0.2) is 194 Å². The summed E-state index contributed by atoms with van der Waals surface area (Å²) in [5.41, 5.74) is 0. The van der Waals surface area contributed by atoms with Gasteiger partial charge in [0, 0.05) is 19.3 Å². The van der Waals surface area contributed by atoms with Crippen LogP contribution in [0.5, 0.6) is 0 Å². The zero-order valence-corrected chi connectivity index (χ0v) is 47.2. The molecule has 75 heavy (non-hydrogen) atoms. The van der Waals surface area contributed by atoms with E-state index in [0.29, 0.717) is 19.3 Å². The monoisotopic (exact) mass is 1030 g/mol. The van der Waals surface area contributed by atoms with Gasteiger partial charge in [0.05, 0.1) is 0 Å². The van der Waals surface area contributed by atoms with Gasteiger partial charge in [0.25, 0.3) is 0 Å². The van der Waals surface area contributed by atoms with E-state index < -0.39 is 24.0 Å². The van der Waals surface area contributed by atoms with E-state index in [9.17, 15) is 14.4 Å². The normalized spacial score (nSPS) is 13.6. The Hall–Kier alpha value is -5.75. The van der Waals surface area contributed by atoms with Crippen LogP contribution < -0.4 is 0 Å². The van der Waals surface area contributed by atoms with Gasteiger partial charge < -0.3 is 14.2 Å². The van der Waals surface area contributed by atoms with Crippen molar-refractivity contribution in [2.45, 2.75) is 207 Å². The SMILES string of the molecule is CC/C=C\C/C=C\C/C=C\C/C=C\C/C=C\C/C=C\CCC(=O)OC[C@H](COC(=O)CC/C=C\C/C=C\C/C=C\C/C=C\C/C=C\CCCCC)OC(=O)CC/C=C\C/C=C\C/C=C\C/C=C\C/C=C\CCCCC. The number of rotatable bonds is 49. The maximum absolute atomic E-state index is 12.8. The zero-order chi connectivity index (χ0) is 54.3. The molecule has 0 saturated heterocycles. The van der Waals surface area contributed by atoms with Gasteiger partial charge in [-0.25, -0.2) is 0 Å². The second kappa shape index (κ2) is 60.8. The van der Waals surface area contributed by atoms with Gasteiger partial charge in [-0.1, -0.05) is 241 Å². The lowest BCUT2D eigenvalue weighted by Crippen LogP contribution is -2.30. The molecule has 0 aromatic carbocycles. The number of hydrogen-bond acceptors (Lipinski definition) is 6. The van der Waals surface area contributed by atoms with Crippen molar-refractivity contribution in [1.29, 1.82) is 0 Å². The van der Waals surface area contributed by atoms with Crippen LogP contribution in [0.2, 0.25) is 0 Å². The van der Waals surface area contributed by atoms with Gasteiger partial charge in [-0.2, -0.15) is 0 Å². The summed E-state index contributed by atoms with van der Waals surface area (Å²) in [5, 5.41) is 0. The second-order valence-corrected chi connectivity index (χ2v) is 18.1. The van der Waals surface area contributed by atoms with Gasteiger partial charge in [-0.05, 0) is 135 Å². The zero-order valence-electron chi connectivity index (χ0n) is 47.2. The highest BCUT2D eigenvalue weighted by atomic mass is 16.6. The van der Waals surface area contributed by atoms with Gasteiger partial charge in [0.1, 0.15) is 13.2 Å². The van der Waals surface area contributed by atoms with Gasteiger partial charge in [-0.15, -0.1) is 0 Å². The van der Waals surface area contributed by atoms with Crippen LogP contribution in [-0.2, 0) is 28.6 Å². The molecule has 1 atom stereocenters. The van der Waals surface area contributed by atoms with E-state index in [1.165, 1.54) is 51.4 Å². The molecule has 0 aromatic heterocycles. The molecule has 0 rings (SSSR count). The number of allylic oxidation sites excluding steroid dienone is 32. The number of carbonyl (C=O) groups excluding carboxylic acids is 3. The van der Waals surface area contributed by atoms with Crippen LogP contribution in [0.3, 0.4) is 0 Å². The van der Waals surface area contributed by atoms with Gasteiger partial charge in [-0.3, -0.25) is 14.4 Å². The van der Waals surface area contributed by atoms with E-state index in [1.54, 1.807) is 0 Å². The Kier molecular flexibility index (Phi) is 56.1. The van der Waals surface area contributed by atoms with Crippen LogP contribution >= 0.6 is 0 Å². The third kappa shape index (κ3) is 59.0. The minimum atomic E-state index is -0.892. The summed E-state index contributed by atoms with van der Waals surface area (Å²) in [7, 11) is 0. The molecule has 0 aromatic rings. The molecule has 0 amide bonds. The van der Waals surface area contributed by atoms with Crippen molar-refractivity contribution in [3.05, 3.63) is 194 Å². The van der Waals surface area contributed by atoms with Crippen molar-refractivity contribution >= 4 is 17.9 Å². The fourth-order valence-corrected chi connectivity index (χ4v) is 6.78. The molecular weight excluding hydrogens is 925 g/mol. The summed E-state index contributed by atoms with van der Waals surface area (Å²) >= 11 is 0. The number of hydrogen-bond donors (Lipinski definition) is 0. The first kappa shape index (κ1) is 69.2. The summed E-state index contributed by atoms with van der Waals surface area (Å²) in [6, 6.07) is 0. The predicted molar refractivity (Wildman–Crippen MR) is 324 cm³/mol. The lowest BCUT2D eigenvalue weighted by molar-refractivity contribution is -0.166. The van der Waals surface area contributed by atoms with Crippen LogP contribution in [0, 0.1) is 0 Å². The topological polar surface area (TPSA) is 78.9 Å². The van der Waals surface area contributed by atoms with E-state index in [0.717, 1.165) is 89.9 Å². The average Bonchev–Trinajstić information content (AvgIpc) is 3.41. The first-order chi connectivity index (χ1) is 37.0. The van der Waals surface area contributed by atoms with Gasteiger partial charge >= 0.3 is 17.9 Å². The highest BCUT2D eigenvalue weighted by Crippen LogP contribution is 2.08. The fraction of sp³-hybridized carbons (Fsp3) is 0.493. The van der Waals surface area contributed by atoms with Crippen molar-refractivity contribution in [3.63, 3.8) is 0 Å². The number of unbranched alkanes of at least 4 members (excludes halogenated alkanes) is 6. The average molecular weight is 1030 g/mol. The Morgan fingerprint density at radius 1 is 0.280 bits per heavy atom. The minimum Gasteiger partial charge on any atom is -0.462 e. The Labute approximate surface area is 458 Å². The van der Waals surface area contributed by atoms with Crippen molar-refractivity contribution < 1.29 is 28.6 Å². The molecule has 6 nitrogen and oxygen atoms in total. The van der Waals surface area contributed by atoms with Crippen LogP contribution in [0.25, 0.3) is 0 Å². The fourth-order valence-electron chi connectivity index (χ4n) is 6.78. The molecule has 0 aliphatic heterocycles. The van der Waals surface area contributed by atoms with Crippen molar-refractivity contribution in [1.82, 2.24) is 0 Å². The molecule has 0 spiro atoms. The van der Waals surface area contributed by atoms with E-state index in [-0.39, 0.29) is 32.5 Å². The lowest BCUT2D eigenvalue weighted by Gasteiger charge is -2.18. The molecule has 0 aliphatic carbocycles. The first-order valence-electron chi connectivity index (χ1n) is 28.9. The lowest BCUT2D eigenvalue weighted by atomic mass is 10.2. The largest absolute Gasteiger partial charge is 0.462 e. The van der Waals surface area contributed by atoms with Crippen molar-refractivity contribution in [2.75, 3.05) is 13.2 Å². The molecule has 0 heterocycles. The van der Waals surface area contributed by atoms with Crippen molar-refractivity contribution in [3.8, 4) is 0 Å². The van der Waals surface area contributed by atoms with Crippen LogP contribution in [-0.4, -0.2) is 37.2 Å². The minimum absolute atomic E-state index is 0.163. The number of esters is 3. The Bertz CT molecular complexity index is 1850. The molecule has 414 valence electrons. The molecule has 0 radical (unpaired) electrons. The third-order valence-electron chi connectivity index (χ3n) is 11.1. The Balaban J connectivity index is 4.77. The highest BCUT2D eigenvalue weighted by molar-refractivity contribution is 5.71. The van der Waals surface area contributed by atoms with E-state index in [1.807, 2.05) is 36.5 Å². The standard InChI is InChI=1S/C69H102O6/c1-4-7-10-13-16-19-22-25-28-31-34-37-40-43-46-49-52-55-58-61-67(70)73-64-66(75-69(72)63-60-57-54-51-48-45-42-39-36-33-30-27-24-21-18-15-12-9-6-3)65-74-68(71)62-59-56-53-50-47-44-41-38-35-32-29-26-23-20-17-14-11-8-5-2/h7,10,16-21,25-30,34-39,43-48,52-57,66H,4-6,8-9,11-15,22-24,31-33,40-42,49-51,58-65H2,1-3H3/b10-7-,19-16-,20-17-,21-18-,28-25-,29-26-,30-27-,37-34-,38-35-,39-36-,46-43-,47-44-,48-45-,55-52-,56-53-,57-54-/t66-/m1/s1. The smallest absolute Gasteiger partial charge is 0.306 e. The summed E-state index contributed by atoms with van der Waals surface area (Å²) < 4.78 is 16.6. The summed E-state index contributed by atoms with van der Waals surface area (Å²) in [4.78, 5) is 38.1. The molecule has 0 saturated carbocycles. The first-order valence-corrected chi connectivity index (χ1v) is 28.9. The molecule has 0 bridgehead atoms.